The number of para-hydroxylation sites is 2. The lowest BCUT2D eigenvalue weighted by molar-refractivity contribution is -0.765. The molecule has 0 saturated carbocycles. The molecule has 8 rings (SSSR count). The van der Waals surface area contributed by atoms with Crippen LogP contribution < -0.4 is 9.47 Å². The predicted molar refractivity (Wildman–Crippen MR) is 233 cm³/mol. The Morgan fingerprint density at radius 3 is 1.71 bits per heavy atom. The van der Waals surface area contributed by atoms with Crippen LogP contribution in [0.3, 0.4) is 0 Å². The number of pyridine rings is 1. The molecule has 2 unspecified atom stereocenters. The van der Waals surface area contributed by atoms with Crippen molar-refractivity contribution < 1.29 is 4.57 Å². The van der Waals surface area contributed by atoms with E-state index >= 15 is 0 Å². The highest BCUT2D eigenvalue weighted by atomic mass is 15.1. The van der Waals surface area contributed by atoms with E-state index in [4.69, 9.17) is 0 Å². The normalized spacial score (nSPS) is 17.3. The van der Waals surface area contributed by atoms with Gasteiger partial charge in [0.1, 0.15) is 0 Å². The van der Waals surface area contributed by atoms with Crippen molar-refractivity contribution in [3.8, 4) is 44.6 Å². The lowest BCUT2D eigenvalue weighted by atomic mass is 9.60. The van der Waals surface area contributed by atoms with Gasteiger partial charge >= 0.3 is 0 Å². The van der Waals surface area contributed by atoms with Crippen LogP contribution in [-0.2, 0) is 17.4 Å². The highest BCUT2D eigenvalue weighted by Gasteiger charge is 2.56. The van der Waals surface area contributed by atoms with Gasteiger partial charge in [-0.2, -0.15) is 4.57 Å². The maximum absolute atomic E-state index is 2.55. The van der Waals surface area contributed by atoms with E-state index in [1.165, 1.54) is 68.6 Å². The van der Waals surface area contributed by atoms with Gasteiger partial charge in [0.05, 0.1) is 11.0 Å². The van der Waals surface area contributed by atoms with Gasteiger partial charge in [-0.15, -0.1) is 0 Å². The predicted octanol–water partition coefficient (Wildman–Crippen LogP) is 14.3. The summed E-state index contributed by atoms with van der Waals surface area (Å²) >= 11 is 0. The first kappa shape index (κ1) is 36.3. The third kappa shape index (κ3) is 6.59. The summed E-state index contributed by atoms with van der Waals surface area (Å²) in [5.41, 5.74) is 16.2. The van der Waals surface area contributed by atoms with Crippen LogP contribution in [0.25, 0.3) is 44.6 Å². The molecule has 0 fully saturated rings. The van der Waals surface area contributed by atoms with E-state index in [1.54, 1.807) is 0 Å². The third-order valence-electron chi connectivity index (χ3n) is 12.7. The Kier molecular flexibility index (Phi) is 10.0. The molecule has 2 heterocycles. The fraction of sp³-hybridized carbons (Fsp3) is 0.226. The summed E-state index contributed by atoms with van der Waals surface area (Å²) in [5.74, 6) is 0. The number of hydrogen-bond donors (Lipinski definition) is 0. The number of fused-ring (bicyclic) bond motifs is 3. The lowest BCUT2D eigenvalue weighted by Crippen LogP contribution is -2.67. The van der Waals surface area contributed by atoms with Gasteiger partial charge in [-0.25, -0.2) is 0 Å². The van der Waals surface area contributed by atoms with Crippen LogP contribution in [0, 0.1) is 0 Å². The van der Waals surface area contributed by atoms with Gasteiger partial charge in [0.15, 0.2) is 11.7 Å². The van der Waals surface area contributed by atoms with E-state index < -0.39 is 0 Å². The van der Waals surface area contributed by atoms with Gasteiger partial charge in [0.25, 0.3) is 0 Å². The molecule has 7 aromatic rings. The molecule has 6 aromatic carbocycles. The van der Waals surface area contributed by atoms with Crippen LogP contribution in [0.1, 0.15) is 71.4 Å². The molecule has 0 spiro atoms. The minimum absolute atomic E-state index is 0.00451. The summed E-state index contributed by atoms with van der Waals surface area (Å²) < 4.78 is 2.55. The topological polar surface area (TPSA) is 7.12 Å². The van der Waals surface area contributed by atoms with Crippen LogP contribution in [-0.4, -0.2) is 0 Å². The maximum atomic E-state index is 2.55. The van der Waals surface area contributed by atoms with Gasteiger partial charge in [-0.1, -0.05) is 118 Å². The van der Waals surface area contributed by atoms with Crippen molar-refractivity contribution in [1.82, 2.24) is 0 Å². The van der Waals surface area contributed by atoms with Gasteiger partial charge in [0.2, 0.25) is 5.69 Å². The molecule has 2 atom stereocenters. The number of aryl methyl sites for hydroxylation is 1. The van der Waals surface area contributed by atoms with E-state index in [-0.39, 0.29) is 11.0 Å². The highest BCUT2D eigenvalue weighted by Crippen LogP contribution is 2.50. The molecule has 0 saturated heterocycles. The van der Waals surface area contributed by atoms with Crippen molar-refractivity contribution in [2.45, 2.75) is 77.7 Å². The zero-order valence-corrected chi connectivity index (χ0v) is 33.1. The smallest absolute Gasteiger partial charge is 0.213 e. The number of nitrogens with zero attached hydrogens (tertiary/aromatic N) is 2. The molecule has 55 heavy (non-hydrogen) atoms. The van der Waals surface area contributed by atoms with E-state index in [0.29, 0.717) is 0 Å². The van der Waals surface area contributed by atoms with Crippen LogP contribution in [0.4, 0.5) is 17.1 Å². The van der Waals surface area contributed by atoms with Crippen molar-refractivity contribution >= 4 is 17.1 Å². The average molecular weight is 718 g/mol. The summed E-state index contributed by atoms with van der Waals surface area (Å²) in [6, 6.07) is 60.8. The molecule has 1 aliphatic rings. The quantitative estimate of drug-likeness (QED) is 0.121. The van der Waals surface area contributed by atoms with Gasteiger partial charge in [-0.05, 0) is 131 Å². The summed E-state index contributed by atoms with van der Waals surface area (Å²) in [4.78, 5) is 2.38. The first-order valence-electron chi connectivity index (χ1n) is 20.3. The largest absolute Gasteiger partial charge is 0.310 e. The first-order chi connectivity index (χ1) is 26.9. The van der Waals surface area contributed by atoms with Crippen LogP contribution in [0.2, 0.25) is 0 Å². The van der Waals surface area contributed by atoms with E-state index in [0.717, 1.165) is 36.3 Å². The van der Waals surface area contributed by atoms with Crippen molar-refractivity contribution in [1.29, 1.82) is 0 Å². The lowest BCUT2D eigenvalue weighted by Gasteiger charge is -2.46. The van der Waals surface area contributed by atoms with E-state index in [1.807, 2.05) is 0 Å². The number of rotatable bonds is 11. The highest BCUT2D eigenvalue weighted by molar-refractivity contribution is 5.86. The van der Waals surface area contributed by atoms with Gasteiger partial charge in [0, 0.05) is 42.5 Å². The second-order valence-electron chi connectivity index (χ2n) is 15.7. The molecular weight excluding hydrogens is 665 g/mol. The maximum Gasteiger partial charge on any atom is 0.213 e. The molecule has 0 aliphatic carbocycles. The minimum atomic E-state index is -0.0155. The van der Waals surface area contributed by atoms with Crippen molar-refractivity contribution in [3.63, 3.8) is 0 Å². The first-order valence-corrected chi connectivity index (χ1v) is 20.3. The SMILES string of the molecule is CCCCc1cccc(-c2cc(-c3cccc(-c4ccc5c(c4)-c4cccc[n+]4C(C)(CC)C5(C)CC)c3)cc(N(c3ccccc3)c3ccccc3)c2)c1. The molecule has 0 amide bonds. The summed E-state index contributed by atoms with van der Waals surface area (Å²) in [5, 5.41) is 0. The Bertz CT molecular complexity index is 2390. The second kappa shape index (κ2) is 15.2. The fourth-order valence-corrected chi connectivity index (χ4v) is 9.04. The van der Waals surface area contributed by atoms with Gasteiger partial charge in [-0.3, -0.25) is 0 Å². The molecule has 0 N–H and O–H groups in total. The average Bonchev–Trinajstić information content (AvgIpc) is 3.25. The summed E-state index contributed by atoms with van der Waals surface area (Å²) in [6.45, 7) is 11.9. The van der Waals surface area contributed by atoms with Gasteiger partial charge < -0.3 is 4.90 Å². The van der Waals surface area contributed by atoms with Crippen LogP contribution in [0.5, 0.6) is 0 Å². The third-order valence-corrected chi connectivity index (χ3v) is 12.7. The number of benzene rings is 6. The number of aromatic nitrogens is 1. The van der Waals surface area contributed by atoms with Crippen LogP contribution >= 0.6 is 0 Å². The monoisotopic (exact) mass is 717 g/mol. The summed E-state index contributed by atoms with van der Waals surface area (Å²) in [6.07, 6.45) is 7.91. The molecule has 0 radical (unpaired) electrons. The number of unbranched alkanes of at least 4 members (excludes halogenated alkanes) is 1. The molecule has 274 valence electrons. The Morgan fingerprint density at radius 2 is 1.07 bits per heavy atom. The van der Waals surface area contributed by atoms with E-state index in [9.17, 15) is 0 Å². The zero-order chi connectivity index (χ0) is 38.0. The van der Waals surface area contributed by atoms with Crippen molar-refractivity contribution in [3.05, 3.63) is 181 Å². The van der Waals surface area contributed by atoms with Crippen molar-refractivity contribution in [2.75, 3.05) is 4.90 Å². The number of hydrogen-bond acceptors (Lipinski definition) is 1. The molecular formula is C53H53N2+. The molecule has 2 heteroatoms. The Balaban J connectivity index is 1.28. The Hall–Kier alpha value is -5.73. The Morgan fingerprint density at radius 1 is 0.491 bits per heavy atom. The fourth-order valence-electron chi connectivity index (χ4n) is 9.04. The number of anilines is 3. The molecule has 1 aliphatic heterocycles. The zero-order valence-electron chi connectivity index (χ0n) is 33.1. The second-order valence-corrected chi connectivity index (χ2v) is 15.7. The van der Waals surface area contributed by atoms with E-state index in [2.05, 4.69) is 214 Å². The standard InChI is InChI=1S/C53H53N2/c1-6-9-20-39-21-18-22-40(33-39)44-35-45(37-48(36-44)55(46-25-12-10-13-26-46)47-27-14-11-15-28-47)42-24-19-23-41(34-42)43-30-31-50-49(38-43)51-29-16-17-32-54(51)53(5,8-3)52(50,4)7-2/h10-19,21-38H,6-9,20H2,1-5H3/q+1. The molecule has 1 aromatic heterocycles. The minimum Gasteiger partial charge on any atom is -0.310 e. The van der Waals surface area contributed by atoms with Crippen LogP contribution in [0.15, 0.2) is 170 Å². The Labute approximate surface area is 328 Å². The van der Waals surface area contributed by atoms with Crippen molar-refractivity contribution in [2.24, 2.45) is 0 Å². The molecule has 0 bridgehead atoms. The summed E-state index contributed by atoms with van der Waals surface area (Å²) in [7, 11) is 0. The molecule has 2 nitrogen and oxygen atoms in total.